The average molecular weight is 431 g/mol. The van der Waals surface area contributed by atoms with Gasteiger partial charge in [0, 0.05) is 23.9 Å². The second-order valence-corrected chi connectivity index (χ2v) is 6.90. The number of carbonyl (C=O) groups excluding carboxylic acids is 1. The molecule has 2 N–H and O–H groups in total. The van der Waals surface area contributed by atoms with Crippen molar-refractivity contribution in [1.82, 2.24) is 15.1 Å². The number of hydrogen-bond acceptors (Lipinski definition) is 3. The lowest BCUT2D eigenvalue weighted by Gasteiger charge is -2.15. The van der Waals surface area contributed by atoms with Crippen molar-refractivity contribution >= 4 is 37.8 Å². The van der Waals surface area contributed by atoms with Crippen LogP contribution >= 0.6 is 31.9 Å². The highest BCUT2D eigenvalue weighted by atomic mass is 79.9. The molecule has 1 heterocycles. The van der Waals surface area contributed by atoms with Crippen LogP contribution in [0.4, 0.5) is 0 Å². The summed E-state index contributed by atoms with van der Waals surface area (Å²) in [7, 11) is 1.88. The molecule has 1 unspecified atom stereocenters. The Bertz CT molecular complexity index is 718. The molecule has 1 aromatic heterocycles. The number of amides is 1. The molecule has 118 valence electrons. The van der Waals surface area contributed by atoms with Gasteiger partial charge in [0.05, 0.1) is 20.7 Å². The molecule has 1 aromatic carbocycles. The quantitative estimate of drug-likeness (QED) is 0.778. The van der Waals surface area contributed by atoms with Gasteiger partial charge in [0.15, 0.2) is 0 Å². The van der Waals surface area contributed by atoms with Gasteiger partial charge in [-0.2, -0.15) is 5.10 Å². The topological polar surface area (TPSA) is 67.2 Å². The normalized spacial score (nSPS) is 12.3. The maximum atomic E-state index is 12.4. The lowest BCUT2D eigenvalue weighted by molar-refractivity contribution is 0.0939. The number of rotatable bonds is 3. The van der Waals surface area contributed by atoms with E-state index in [4.69, 9.17) is 0 Å². The molecule has 5 nitrogen and oxygen atoms in total. The Hall–Kier alpha value is -1.34. The highest BCUT2D eigenvalue weighted by molar-refractivity contribution is 9.11. The van der Waals surface area contributed by atoms with Crippen molar-refractivity contribution in [1.29, 1.82) is 0 Å². The minimum absolute atomic E-state index is 0.0727. The van der Waals surface area contributed by atoms with Crippen LogP contribution in [0.3, 0.4) is 0 Å². The third-order valence-corrected chi connectivity index (χ3v) is 4.83. The Balaban J connectivity index is 2.25. The SMILES string of the molecule is Cc1nn(C)c(C)c1C(C)NC(=O)c1cc(Br)c(O)c(Br)c1. The number of hydrogen-bond donors (Lipinski definition) is 2. The second kappa shape index (κ2) is 6.42. The summed E-state index contributed by atoms with van der Waals surface area (Å²) in [5.74, 6) is -0.139. The molecule has 0 spiro atoms. The van der Waals surface area contributed by atoms with Crippen molar-refractivity contribution in [2.24, 2.45) is 7.05 Å². The molecule has 22 heavy (non-hydrogen) atoms. The summed E-state index contributed by atoms with van der Waals surface area (Å²) >= 11 is 6.46. The molecule has 0 bridgehead atoms. The summed E-state index contributed by atoms with van der Waals surface area (Å²) in [6, 6.07) is 3.02. The van der Waals surface area contributed by atoms with Crippen LogP contribution < -0.4 is 5.32 Å². The standard InChI is InChI=1S/C15H17Br2N3O2/c1-7(13-8(2)19-20(4)9(13)3)18-15(22)10-5-11(16)14(21)12(17)6-10/h5-7,21H,1-4H3,(H,18,22). The molecule has 7 heteroatoms. The molecule has 0 saturated heterocycles. The average Bonchev–Trinajstić information content (AvgIpc) is 2.68. The van der Waals surface area contributed by atoms with Crippen molar-refractivity contribution in [2.75, 3.05) is 0 Å². The Labute approximate surface area is 146 Å². The van der Waals surface area contributed by atoms with Crippen molar-refractivity contribution in [2.45, 2.75) is 26.8 Å². The molecule has 0 aliphatic carbocycles. The maximum absolute atomic E-state index is 12.4. The number of phenols is 1. The van der Waals surface area contributed by atoms with Crippen LogP contribution in [0.2, 0.25) is 0 Å². The molecule has 0 radical (unpaired) electrons. The van der Waals surface area contributed by atoms with E-state index in [2.05, 4.69) is 42.3 Å². The summed E-state index contributed by atoms with van der Waals surface area (Å²) in [4.78, 5) is 12.4. The Morgan fingerprint density at radius 3 is 2.32 bits per heavy atom. The summed E-state index contributed by atoms with van der Waals surface area (Å²) < 4.78 is 2.74. The van der Waals surface area contributed by atoms with E-state index >= 15 is 0 Å². The molecule has 2 rings (SSSR count). The van der Waals surface area contributed by atoms with Gasteiger partial charge in [-0.15, -0.1) is 0 Å². The van der Waals surface area contributed by atoms with Gasteiger partial charge in [0.25, 0.3) is 5.91 Å². The Kier molecular flexibility index (Phi) is 4.97. The fraction of sp³-hybridized carbons (Fsp3) is 0.333. The monoisotopic (exact) mass is 429 g/mol. The van der Waals surface area contributed by atoms with Crippen LogP contribution in [-0.4, -0.2) is 20.8 Å². The zero-order valence-electron chi connectivity index (χ0n) is 12.7. The van der Waals surface area contributed by atoms with Crippen molar-refractivity contribution in [3.05, 3.63) is 43.6 Å². The van der Waals surface area contributed by atoms with Crippen molar-refractivity contribution < 1.29 is 9.90 Å². The van der Waals surface area contributed by atoms with Gasteiger partial charge in [0.2, 0.25) is 0 Å². The maximum Gasteiger partial charge on any atom is 0.251 e. The van der Waals surface area contributed by atoms with Crippen molar-refractivity contribution in [3.8, 4) is 5.75 Å². The van der Waals surface area contributed by atoms with Crippen LogP contribution in [0.15, 0.2) is 21.1 Å². The van der Waals surface area contributed by atoms with Crippen LogP contribution in [0.1, 0.15) is 40.3 Å². The van der Waals surface area contributed by atoms with Crippen LogP contribution in [-0.2, 0) is 7.05 Å². The molecule has 1 amide bonds. The Morgan fingerprint density at radius 1 is 1.32 bits per heavy atom. The molecular formula is C15H17Br2N3O2. The number of nitrogens with zero attached hydrogens (tertiary/aromatic N) is 2. The molecule has 0 aliphatic heterocycles. The third kappa shape index (κ3) is 3.20. The van der Waals surface area contributed by atoms with Gasteiger partial charge < -0.3 is 10.4 Å². The molecule has 2 aromatic rings. The largest absolute Gasteiger partial charge is 0.506 e. The predicted molar refractivity (Wildman–Crippen MR) is 92.1 cm³/mol. The lowest BCUT2D eigenvalue weighted by atomic mass is 10.1. The first-order chi connectivity index (χ1) is 10.2. The zero-order valence-corrected chi connectivity index (χ0v) is 15.9. The Morgan fingerprint density at radius 2 is 1.86 bits per heavy atom. The van der Waals surface area contributed by atoms with Crippen LogP contribution in [0, 0.1) is 13.8 Å². The first kappa shape index (κ1) is 17.0. The van der Waals surface area contributed by atoms with Gasteiger partial charge in [-0.05, 0) is 64.8 Å². The van der Waals surface area contributed by atoms with Gasteiger partial charge >= 0.3 is 0 Å². The smallest absolute Gasteiger partial charge is 0.251 e. The third-order valence-electron chi connectivity index (χ3n) is 3.62. The minimum Gasteiger partial charge on any atom is -0.506 e. The van der Waals surface area contributed by atoms with Gasteiger partial charge in [-0.1, -0.05) is 0 Å². The highest BCUT2D eigenvalue weighted by Gasteiger charge is 2.19. The highest BCUT2D eigenvalue weighted by Crippen LogP contribution is 2.33. The number of phenolic OH excluding ortho intramolecular Hbond substituents is 1. The van der Waals surface area contributed by atoms with E-state index in [1.807, 2.05) is 27.8 Å². The second-order valence-electron chi connectivity index (χ2n) is 5.19. The first-order valence-electron chi connectivity index (χ1n) is 6.71. The molecule has 0 fully saturated rings. The van der Waals surface area contributed by atoms with E-state index in [0.717, 1.165) is 17.0 Å². The fourth-order valence-corrected chi connectivity index (χ4v) is 3.65. The number of aromatic hydroxyl groups is 1. The number of aromatic nitrogens is 2. The summed E-state index contributed by atoms with van der Waals surface area (Å²) in [6.45, 7) is 5.84. The van der Waals surface area contributed by atoms with Gasteiger partial charge in [-0.3, -0.25) is 9.48 Å². The number of benzene rings is 1. The number of halogens is 2. The minimum atomic E-state index is -0.212. The summed E-state index contributed by atoms with van der Waals surface area (Å²) in [5.41, 5.74) is 3.41. The zero-order chi connectivity index (χ0) is 16.6. The summed E-state index contributed by atoms with van der Waals surface area (Å²) in [5, 5.41) is 17.0. The van der Waals surface area contributed by atoms with E-state index in [1.54, 1.807) is 16.8 Å². The lowest BCUT2D eigenvalue weighted by Crippen LogP contribution is -2.27. The molecule has 0 saturated carbocycles. The van der Waals surface area contributed by atoms with Gasteiger partial charge in [-0.25, -0.2) is 0 Å². The number of carbonyl (C=O) groups is 1. The van der Waals surface area contributed by atoms with Crippen LogP contribution in [0.5, 0.6) is 5.75 Å². The molecular weight excluding hydrogens is 414 g/mol. The van der Waals surface area contributed by atoms with Gasteiger partial charge in [0.1, 0.15) is 5.75 Å². The molecule has 1 atom stereocenters. The number of nitrogens with one attached hydrogen (secondary N) is 1. The van der Waals surface area contributed by atoms with E-state index in [9.17, 15) is 9.90 Å². The number of aryl methyl sites for hydroxylation is 2. The van der Waals surface area contributed by atoms with E-state index in [-0.39, 0.29) is 17.7 Å². The first-order valence-corrected chi connectivity index (χ1v) is 8.30. The summed E-state index contributed by atoms with van der Waals surface area (Å²) in [6.07, 6.45) is 0. The van der Waals surface area contributed by atoms with E-state index < -0.39 is 0 Å². The van der Waals surface area contributed by atoms with Crippen molar-refractivity contribution in [3.63, 3.8) is 0 Å². The van der Waals surface area contributed by atoms with Crippen LogP contribution in [0.25, 0.3) is 0 Å². The fourth-order valence-electron chi connectivity index (χ4n) is 2.47. The van der Waals surface area contributed by atoms with E-state index in [0.29, 0.717) is 14.5 Å². The van der Waals surface area contributed by atoms with E-state index in [1.165, 1.54) is 0 Å². The molecule has 0 aliphatic rings. The predicted octanol–water partition coefficient (Wildman–Crippen LogP) is 3.76.